The fourth-order valence-electron chi connectivity index (χ4n) is 4.31. The summed E-state index contributed by atoms with van der Waals surface area (Å²) in [5, 5.41) is 2.75. The predicted octanol–water partition coefficient (Wildman–Crippen LogP) is 3.72. The molecule has 0 saturated carbocycles. The smallest absolute Gasteiger partial charge is 0.242 e. The topological polar surface area (TPSA) is 113 Å². The van der Waals surface area contributed by atoms with Gasteiger partial charge in [-0.1, -0.05) is 37.3 Å². The Kier molecular flexibility index (Phi) is 7.85. The van der Waals surface area contributed by atoms with Gasteiger partial charge in [-0.3, -0.25) is 14.4 Å². The fourth-order valence-corrected chi connectivity index (χ4v) is 5.55. The molecule has 0 spiro atoms. The Balaban J connectivity index is 1.57. The SMILES string of the molecule is CCC(=O)N1CCc2cc(S(=O)(=O)N[C@@H](Cc3ccccc3)C(=O)Nc3ccc(C(C)=O)cc3)ccc21. The third-order valence-electron chi connectivity index (χ3n) is 6.32. The molecular weight excluding hydrogens is 490 g/mol. The number of Topliss-reactive ketones (excluding diaryl/α,β-unsaturated/α-hetero) is 1. The molecular formula is C28H29N3O5S. The van der Waals surface area contributed by atoms with Gasteiger partial charge in [-0.2, -0.15) is 4.72 Å². The fraction of sp³-hybridized carbons (Fsp3) is 0.250. The highest BCUT2D eigenvalue weighted by Crippen LogP contribution is 2.30. The largest absolute Gasteiger partial charge is 0.325 e. The lowest BCUT2D eigenvalue weighted by atomic mass is 10.1. The molecule has 0 aromatic heterocycles. The Morgan fingerprint density at radius 2 is 1.68 bits per heavy atom. The van der Waals surface area contributed by atoms with Gasteiger partial charge in [0.15, 0.2) is 5.78 Å². The zero-order valence-corrected chi connectivity index (χ0v) is 21.5. The first-order valence-corrected chi connectivity index (χ1v) is 13.6. The molecule has 4 rings (SSSR count). The molecule has 1 aliphatic heterocycles. The van der Waals surface area contributed by atoms with Crippen molar-refractivity contribution in [3.05, 3.63) is 89.5 Å². The van der Waals surface area contributed by atoms with E-state index in [0.717, 1.165) is 16.8 Å². The molecule has 1 atom stereocenters. The van der Waals surface area contributed by atoms with E-state index in [9.17, 15) is 22.8 Å². The number of hydrogen-bond donors (Lipinski definition) is 2. The number of rotatable bonds is 9. The lowest BCUT2D eigenvalue weighted by Crippen LogP contribution is -2.45. The van der Waals surface area contributed by atoms with E-state index in [1.54, 1.807) is 48.2 Å². The molecule has 9 heteroatoms. The second-order valence-corrected chi connectivity index (χ2v) is 10.6. The monoisotopic (exact) mass is 519 g/mol. The van der Waals surface area contributed by atoms with Gasteiger partial charge in [-0.15, -0.1) is 0 Å². The molecule has 0 unspecified atom stereocenters. The molecule has 3 aromatic rings. The average Bonchev–Trinajstić information content (AvgIpc) is 3.32. The van der Waals surface area contributed by atoms with Crippen LogP contribution in [0, 0.1) is 0 Å². The number of carbonyl (C=O) groups excluding carboxylic acids is 3. The van der Waals surface area contributed by atoms with Crippen molar-refractivity contribution in [2.75, 3.05) is 16.8 Å². The number of carbonyl (C=O) groups is 3. The van der Waals surface area contributed by atoms with Gasteiger partial charge >= 0.3 is 0 Å². The maximum atomic E-state index is 13.4. The molecule has 3 aromatic carbocycles. The quantitative estimate of drug-likeness (QED) is 0.419. The Labute approximate surface area is 216 Å². The zero-order chi connectivity index (χ0) is 26.6. The van der Waals surface area contributed by atoms with E-state index in [0.29, 0.717) is 30.6 Å². The average molecular weight is 520 g/mol. The first-order valence-electron chi connectivity index (χ1n) is 12.1. The van der Waals surface area contributed by atoms with Crippen LogP contribution in [-0.2, 0) is 32.5 Å². The Bertz CT molecular complexity index is 1420. The minimum absolute atomic E-state index is 0.0107. The van der Waals surface area contributed by atoms with Crippen LogP contribution in [0.3, 0.4) is 0 Å². The highest BCUT2D eigenvalue weighted by atomic mass is 32.2. The second kappa shape index (κ2) is 11.1. The first-order chi connectivity index (χ1) is 17.7. The van der Waals surface area contributed by atoms with Crippen LogP contribution in [0.15, 0.2) is 77.7 Å². The third kappa shape index (κ3) is 6.12. The number of nitrogens with one attached hydrogen (secondary N) is 2. The van der Waals surface area contributed by atoms with Crippen molar-refractivity contribution in [3.63, 3.8) is 0 Å². The van der Waals surface area contributed by atoms with Crippen molar-refractivity contribution in [1.82, 2.24) is 4.72 Å². The summed E-state index contributed by atoms with van der Waals surface area (Å²) < 4.78 is 29.3. The summed E-state index contributed by atoms with van der Waals surface area (Å²) in [5.74, 6) is -0.628. The number of amides is 2. The van der Waals surface area contributed by atoms with Gasteiger partial charge in [0.1, 0.15) is 6.04 Å². The summed E-state index contributed by atoms with van der Waals surface area (Å²) in [6.45, 7) is 3.76. The van der Waals surface area contributed by atoms with Crippen LogP contribution >= 0.6 is 0 Å². The Morgan fingerprint density at radius 1 is 0.973 bits per heavy atom. The number of anilines is 2. The summed E-state index contributed by atoms with van der Waals surface area (Å²) in [7, 11) is -4.06. The molecule has 0 bridgehead atoms. The van der Waals surface area contributed by atoms with Gasteiger partial charge < -0.3 is 10.2 Å². The van der Waals surface area contributed by atoms with Crippen LogP contribution in [0.25, 0.3) is 0 Å². The number of benzene rings is 3. The number of hydrogen-bond acceptors (Lipinski definition) is 5. The van der Waals surface area contributed by atoms with Crippen LogP contribution in [0.1, 0.15) is 41.8 Å². The standard InChI is InChI=1S/C28H29N3O5S/c1-3-27(33)31-16-15-22-18-24(13-14-26(22)31)37(35,36)30-25(17-20-7-5-4-6-8-20)28(34)29-23-11-9-21(10-12-23)19(2)32/h4-14,18,25,30H,3,15-17H2,1-2H3,(H,29,34)/t25-/m0/s1. The van der Waals surface area contributed by atoms with Crippen LogP contribution < -0.4 is 14.9 Å². The van der Waals surface area contributed by atoms with E-state index in [4.69, 9.17) is 0 Å². The highest BCUT2D eigenvalue weighted by molar-refractivity contribution is 7.89. The number of fused-ring (bicyclic) bond motifs is 1. The molecule has 0 fully saturated rings. The van der Waals surface area contributed by atoms with Gasteiger partial charge in [0.2, 0.25) is 21.8 Å². The molecule has 1 heterocycles. The molecule has 0 radical (unpaired) electrons. The first kappa shape index (κ1) is 26.2. The third-order valence-corrected chi connectivity index (χ3v) is 7.79. The molecule has 2 N–H and O–H groups in total. The molecule has 192 valence electrons. The number of nitrogens with zero attached hydrogens (tertiary/aromatic N) is 1. The Morgan fingerprint density at radius 3 is 2.32 bits per heavy atom. The summed E-state index contributed by atoms with van der Waals surface area (Å²) in [6, 6.07) is 19.1. The van der Waals surface area contributed by atoms with Gasteiger partial charge in [-0.25, -0.2) is 8.42 Å². The van der Waals surface area contributed by atoms with E-state index >= 15 is 0 Å². The van der Waals surface area contributed by atoms with Crippen molar-refractivity contribution in [2.45, 2.75) is 44.0 Å². The van der Waals surface area contributed by atoms with Crippen molar-refractivity contribution in [1.29, 1.82) is 0 Å². The van der Waals surface area contributed by atoms with E-state index in [-0.39, 0.29) is 23.0 Å². The number of sulfonamides is 1. The lowest BCUT2D eigenvalue weighted by Gasteiger charge is -2.20. The summed E-state index contributed by atoms with van der Waals surface area (Å²) in [6.07, 6.45) is 1.07. The number of ketones is 1. The van der Waals surface area contributed by atoms with Crippen LogP contribution in [0.4, 0.5) is 11.4 Å². The van der Waals surface area contributed by atoms with Gasteiger partial charge in [0.25, 0.3) is 0 Å². The minimum Gasteiger partial charge on any atom is -0.325 e. The lowest BCUT2D eigenvalue weighted by molar-refractivity contribution is -0.118. The van der Waals surface area contributed by atoms with Crippen LogP contribution in [-0.4, -0.2) is 38.6 Å². The van der Waals surface area contributed by atoms with E-state index in [2.05, 4.69) is 10.0 Å². The molecule has 37 heavy (non-hydrogen) atoms. The van der Waals surface area contributed by atoms with E-state index in [1.807, 2.05) is 30.3 Å². The maximum Gasteiger partial charge on any atom is 0.242 e. The summed E-state index contributed by atoms with van der Waals surface area (Å²) in [4.78, 5) is 38.7. The van der Waals surface area contributed by atoms with E-state index < -0.39 is 22.0 Å². The maximum absolute atomic E-state index is 13.4. The summed E-state index contributed by atoms with van der Waals surface area (Å²) >= 11 is 0. The van der Waals surface area contributed by atoms with Crippen molar-refractivity contribution < 1.29 is 22.8 Å². The summed E-state index contributed by atoms with van der Waals surface area (Å²) in [5.41, 5.74) is 3.25. The minimum atomic E-state index is -4.06. The van der Waals surface area contributed by atoms with Crippen LogP contribution in [0.2, 0.25) is 0 Å². The molecule has 0 aliphatic carbocycles. The molecule has 0 saturated heterocycles. The van der Waals surface area contributed by atoms with Crippen molar-refractivity contribution in [3.8, 4) is 0 Å². The van der Waals surface area contributed by atoms with Crippen molar-refractivity contribution in [2.24, 2.45) is 0 Å². The molecule has 1 aliphatic rings. The zero-order valence-electron chi connectivity index (χ0n) is 20.7. The Hall–Kier alpha value is -3.82. The van der Waals surface area contributed by atoms with Gasteiger partial charge in [0.05, 0.1) is 4.90 Å². The highest BCUT2D eigenvalue weighted by Gasteiger charge is 2.29. The second-order valence-electron chi connectivity index (χ2n) is 8.93. The van der Waals surface area contributed by atoms with Gasteiger partial charge in [0, 0.05) is 29.9 Å². The van der Waals surface area contributed by atoms with Crippen LogP contribution in [0.5, 0.6) is 0 Å². The van der Waals surface area contributed by atoms with E-state index in [1.165, 1.54) is 13.0 Å². The molecule has 8 nitrogen and oxygen atoms in total. The molecule has 2 amide bonds. The normalized spacial score (nSPS) is 13.6. The predicted molar refractivity (Wildman–Crippen MR) is 142 cm³/mol. The van der Waals surface area contributed by atoms with Crippen molar-refractivity contribution >= 4 is 39.0 Å². The van der Waals surface area contributed by atoms with Gasteiger partial charge in [-0.05, 0) is 73.4 Å².